The Morgan fingerprint density at radius 1 is 1.00 bits per heavy atom. The first-order valence-electron chi connectivity index (χ1n) is 11.6. The largest absolute Gasteiger partial charge is 0.474 e. The standard InChI is InChI=1S/C24H26F3N7O/c1-14(2)34-9-10-35-23-19(34)11-15(12-29-23)22-16(25)13-30-24(32-22)31-17-3-4-18(21(27)20(17)26)33-7-5-28-6-8-33/h3-4,11-14,28H,5-10H2,1-2H3,(H,30,31,32). The van der Waals surface area contributed by atoms with Gasteiger partial charge in [0.25, 0.3) is 0 Å². The van der Waals surface area contributed by atoms with Crippen molar-refractivity contribution in [2.75, 3.05) is 54.4 Å². The van der Waals surface area contributed by atoms with E-state index in [9.17, 15) is 13.2 Å². The molecule has 2 aliphatic rings. The van der Waals surface area contributed by atoms with Crippen LogP contribution in [0.2, 0.25) is 0 Å². The Bertz CT molecular complexity index is 1230. The molecule has 0 aliphatic carbocycles. The summed E-state index contributed by atoms with van der Waals surface area (Å²) in [6.45, 7) is 7.88. The minimum absolute atomic E-state index is 0.00889. The number of nitrogens with one attached hydrogen (secondary N) is 2. The summed E-state index contributed by atoms with van der Waals surface area (Å²) in [5.74, 6) is -2.25. The minimum atomic E-state index is -1.05. The minimum Gasteiger partial charge on any atom is -0.474 e. The number of nitrogens with zero attached hydrogens (tertiary/aromatic N) is 5. The van der Waals surface area contributed by atoms with Crippen molar-refractivity contribution in [3.05, 3.63) is 48.0 Å². The summed E-state index contributed by atoms with van der Waals surface area (Å²) in [5.41, 5.74) is 1.22. The van der Waals surface area contributed by atoms with Gasteiger partial charge < -0.3 is 25.2 Å². The van der Waals surface area contributed by atoms with Crippen LogP contribution in [-0.4, -0.2) is 60.3 Å². The number of hydrogen-bond acceptors (Lipinski definition) is 8. The average Bonchev–Trinajstić information content (AvgIpc) is 2.87. The highest BCUT2D eigenvalue weighted by Gasteiger charge is 2.24. The molecule has 8 nitrogen and oxygen atoms in total. The normalized spacial score (nSPS) is 15.7. The summed E-state index contributed by atoms with van der Waals surface area (Å²) in [4.78, 5) is 16.4. The van der Waals surface area contributed by atoms with E-state index >= 15 is 0 Å². The van der Waals surface area contributed by atoms with Crippen LogP contribution in [0.15, 0.2) is 30.6 Å². The number of halogens is 3. The first kappa shape index (κ1) is 23.2. The van der Waals surface area contributed by atoms with Gasteiger partial charge in [-0.15, -0.1) is 0 Å². The SMILES string of the molecule is CC(C)N1CCOc2ncc(-c3nc(Nc4ccc(N5CCNCC5)c(F)c4F)ncc3F)cc21. The van der Waals surface area contributed by atoms with Gasteiger partial charge in [-0.25, -0.2) is 28.1 Å². The van der Waals surface area contributed by atoms with Crippen molar-refractivity contribution >= 4 is 23.0 Å². The molecule has 2 aromatic heterocycles. The summed E-state index contributed by atoms with van der Waals surface area (Å²) in [6.07, 6.45) is 2.46. The third-order valence-corrected chi connectivity index (χ3v) is 6.12. The molecule has 0 saturated carbocycles. The van der Waals surface area contributed by atoms with Crippen LogP contribution in [-0.2, 0) is 0 Å². The summed E-state index contributed by atoms with van der Waals surface area (Å²) in [5, 5.41) is 5.86. The molecule has 0 bridgehead atoms. The molecule has 0 radical (unpaired) electrons. The fourth-order valence-corrected chi connectivity index (χ4v) is 4.32. The van der Waals surface area contributed by atoms with Gasteiger partial charge >= 0.3 is 0 Å². The molecular formula is C24H26F3N7O. The molecule has 5 rings (SSSR count). The van der Waals surface area contributed by atoms with Crippen molar-refractivity contribution in [2.45, 2.75) is 19.9 Å². The highest BCUT2D eigenvalue weighted by molar-refractivity contribution is 5.70. The lowest BCUT2D eigenvalue weighted by molar-refractivity contribution is 0.291. The van der Waals surface area contributed by atoms with Crippen LogP contribution in [0.25, 0.3) is 11.3 Å². The van der Waals surface area contributed by atoms with Gasteiger partial charge in [-0.2, -0.15) is 0 Å². The fourth-order valence-electron chi connectivity index (χ4n) is 4.32. The van der Waals surface area contributed by atoms with Gasteiger partial charge in [-0.3, -0.25) is 0 Å². The van der Waals surface area contributed by atoms with Crippen LogP contribution >= 0.6 is 0 Å². The molecule has 35 heavy (non-hydrogen) atoms. The Labute approximate surface area is 201 Å². The van der Waals surface area contributed by atoms with Crippen LogP contribution in [0, 0.1) is 17.5 Å². The predicted octanol–water partition coefficient (Wildman–Crippen LogP) is 3.72. The van der Waals surface area contributed by atoms with Crippen LogP contribution in [0.4, 0.5) is 36.2 Å². The van der Waals surface area contributed by atoms with Gasteiger partial charge in [0.1, 0.15) is 18.0 Å². The van der Waals surface area contributed by atoms with E-state index in [1.807, 2.05) is 0 Å². The Balaban J connectivity index is 1.44. The number of piperazine rings is 1. The molecule has 11 heteroatoms. The average molecular weight is 486 g/mol. The van der Waals surface area contributed by atoms with E-state index in [4.69, 9.17) is 4.74 Å². The third kappa shape index (κ3) is 4.55. The summed E-state index contributed by atoms with van der Waals surface area (Å²) in [6, 6.07) is 4.91. The molecule has 2 N–H and O–H groups in total. The highest BCUT2D eigenvalue weighted by atomic mass is 19.2. The zero-order valence-corrected chi connectivity index (χ0v) is 19.5. The number of fused-ring (bicyclic) bond motifs is 1. The number of hydrogen-bond donors (Lipinski definition) is 2. The number of pyridine rings is 1. The molecule has 0 atom stereocenters. The highest BCUT2D eigenvalue weighted by Crippen LogP contribution is 2.35. The maximum Gasteiger partial charge on any atom is 0.237 e. The van der Waals surface area contributed by atoms with Crippen LogP contribution in [0.5, 0.6) is 5.88 Å². The lowest BCUT2D eigenvalue weighted by Crippen LogP contribution is -2.44. The summed E-state index contributed by atoms with van der Waals surface area (Å²) >= 11 is 0. The first-order chi connectivity index (χ1) is 16.9. The van der Waals surface area contributed by atoms with E-state index < -0.39 is 17.5 Å². The molecule has 2 aliphatic heterocycles. The second-order valence-corrected chi connectivity index (χ2v) is 8.70. The first-order valence-corrected chi connectivity index (χ1v) is 11.6. The molecule has 0 unspecified atom stereocenters. The second kappa shape index (κ2) is 9.57. The fraction of sp³-hybridized carbons (Fsp3) is 0.375. The van der Waals surface area contributed by atoms with E-state index in [2.05, 4.69) is 44.3 Å². The van der Waals surface area contributed by atoms with E-state index in [0.29, 0.717) is 50.8 Å². The zero-order chi connectivity index (χ0) is 24.5. The van der Waals surface area contributed by atoms with Gasteiger partial charge in [0.2, 0.25) is 11.8 Å². The van der Waals surface area contributed by atoms with Gasteiger partial charge in [0.05, 0.1) is 24.1 Å². The van der Waals surface area contributed by atoms with Crippen molar-refractivity contribution in [3.63, 3.8) is 0 Å². The van der Waals surface area contributed by atoms with Crippen molar-refractivity contribution in [3.8, 4) is 17.1 Å². The van der Waals surface area contributed by atoms with E-state index in [1.54, 1.807) is 11.0 Å². The van der Waals surface area contributed by atoms with Crippen molar-refractivity contribution in [1.29, 1.82) is 0 Å². The maximum atomic E-state index is 14.9. The van der Waals surface area contributed by atoms with Crippen molar-refractivity contribution < 1.29 is 17.9 Å². The van der Waals surface area contributed by atoms with E-state index in [0.717, 1.165) is 11.9 Å². The van der Waals surface area contributed by atoms with E-state index in [1.165, 1.54) is 18.3 Å². The summed E-state index contributed by atoms with van der Waals surface area (Å²) in [7, 11) is 0. The zero-order valence-electron chi connectivity index (χ0n) is 19.5. The number of ether oxygens (including phenoxy) is 1. The molecular weight excluding hydrogens is 459 g/mol. The maximum absolute atomic E-state index is 14.9. The topological polar surface area (TPSA) is 78.4 Å². The van der Waals surface area contributed by atoms with Gasteiger partial charge in [-0.05, 0) is 32.0 Å². The Hall–Kier alpha value is -3.60. The van der Waals surface area contributed by atoms with Gasteiger partial charge in [0.15, 0.2) is 17.5 Å². The molecule has 0 spiro atoms. The van der Waals surface area contributed by atoms with Crippen molar-refractivity contribution in [1.82, 2.24) is 20.3 Å². The lowest BCUT2D eigenvalue weighted by atomic mass is 10.1. The molecule has 4 heterocycles. The smallest absolute Gasteiger partial charge is 0.237 e. The number of rotatable bonds is 5. The van der Waals surface area contributed by atoms with Crippen LogP contribution < -0.4 is 25.2 Å². The van der Waals surface area contributed by atoms with Crippen LogP contribution in [0.1, 0.15) is 13.8 Å². The predicted molar refractivity (Wildman–Crippen MR) is 128 cm³/mol. The van der Waals surface area contributed by atoms with Gasteiger partial charge in [-0.1, -0.05) is 0 Å². The Morgan fingerprint density at radius 2 is 1.80 bits per heavy atom. The third-order valence-electron chi connectivity index (χ3n) is 6.12. The number of benzene rings is 1. The molecule has 184 valence electrons. The Kier molecular flexibility index (Phi) is 6.33. The Morgan fingerprint density at radius 3 is 2.57 bits per heavy atom. The van der Waals surface area contributed by atoms with Gasteiger partial charge in [0, 0.05) is 44.0 Å². The molecule has 1 aromatic carbocycles. The molecule has 1 saturated heterocycles. The molecule has 1 fully saturated rings. The lowest BCUT2D eigenvalue weighted by Gasteiger charge is -2.33. The number of aromatic nitrogens is 3. The number of anilines is 4. The van der Waals surface area contributed by atoms with Crippen LogP contribution in [0.3, 0.4) is 0 Å². The molecule has 3 aromatic rings. The molecule has 0 amide bonds. The summed E-state index contributed by atoms with van der Waals surface area (Å²) < 4.78 is 50.0. The monoisotopic (exact) mass is 485 g/mol. The quantitative estimate of drug-likeness (QED) is 0.566. The van der Waals surface area contributed by atoms with Crippen molar-refractivity contribution in [2.24, 2.45) is 0 Å². The van der Waals surface area contributed by atoms with E-state index in [-0.39, 0.29) is 29.1 Å². The second-order valence-electron chi connectivity index (χ2n) is 8.70.